The zero-order chi connectivity index (χ0) is 20.2. The summed E-state index contributed by atoms with van der Waals surface area (Å²) in [6.45, 7) is 2.23. The molecule has 0 saturated carbocycles. The quantitative estimate of drug-likeness (QED) is 0.475. The zero-order valence-electron chi connectivity index (χ0n) is 16.1. The molecule has 0 amide bonds. The first-order valence-electron chi connectivity index (χ1n) is 9.54. The molecule has 3 aromatic heterocycles. The number of ether oxygens (including phenoxy) is 1. The van der Waals surface area contributed by atoms with Crippen molar-refractivity contribution in [3.63, 3.8) is 0 Å². The van der Waals surface area contributed by atoms with Crippen molar-refractivity contribution in [3.8, 4) is 11.6 Å². The molecular formula is C21H23N5O3. The topological polar surface area (TPSA) is 98.2 Å². The van der Waals surface area contributed by atoms with Gasteiger partial charge in [-0.05, 0) is 24.6 Å². The third kappa shape index (κ3) is 3.98. The van der Waals surface area contributed by atoms with Crippen LogP contribution in [-0.2, 0) is 13.0 Å². The minimum absolute atomic E-state index is 0.00803. The molecule has 0 bridgehead atoms. The summed E-state index contributed by atoms with van der Waals surface area (Å²) in [5.74, 6) is 0.404. The van der Waals surface area contributed by atoms with E-state index >= 15 is 0 Å². The van der Waals surface area contributed by atoms with Crippen molar-refractivity contribution in [1.82, 2.24) is 24.3 Å². The van der Waals surface area contributed by atoms with Crippen LogP contribution >= 0.6 is 0 Å². The fourth-order valence-electron chi connectivity index (χ4n) is 3.29. The summed E-state index contributed by atoms with van der Waals surface area (Å²) in [7, 11) is 0. The van der Waals surface area contributed by atoms with Gasteiger partial charge in [0.25, 0.3) is 0 Å². The van der Waals surface area contributed by atoms with Crippen LogP contribution in [0.15, 0.2) is 55.1 Å². The molecular weight excluding hydrogens is 370 g/mol. The lowest BCUT2D eigenvalue weighted by atomic mass is 10.1. The van der Waals surface area contributed by atoms with E-state index in [2.05, 4.69) is 29.0 Å². The summed E-state index contributed by atoms with van der Waals surface area (Å²) < 4.78 is 9.40. The highest BCUT2D eigenvalue weighted by Crippen LogP contribution is 2.27. The second-order valence-electron chi connectivity index (χ2n) is 6.71. The molecule has 0 aliphatic carbocycles. The van der Waals surface area contributed by atoms with Gasteiger partial charge in [-0.15, -0.1) is 0 Å². The molecule has 1 atom stereocenters. The van der Waals surface area contributed by atoms with Crippen LogP contribution in [0.5, 0.6) is 5.88 Å². The molecule has 4 rings (SSSR count). The van der Waals surface area contributed by atoms with Crippen LogP contribution in [0.2, 0.25) is 0 Å². The average molecular weight is 393 g/mol. The molecule has 29 heavy (non-hydrogen) atoms. The lowest BCUT2D eigenvalue weighted by Crippen LogP contribution is -2.21. The van der Waals surface area contributed by atoms with Crippen LogP contribution in [0.4, 0.5) is 0 Å². The number of hydrogen-bond acceptors (Lipinski definition) is 6. The van der Waals surface area contributed by atoms with Crippen LogP contribution in [0.1, 0.15) is 18.3 Å². The first kappa shape index (κ1) is 19.1. The first-order valence-corrected chi connectivity index (χ1v) is 9.54. The Kier molecular flexibility index (Phi) is 5.55. The van der Waals surface area contributed by atoms with Gasteiger partial charge in [-0.25, -0.2) is 9.97 Å². The van der Waals surface area contributed by atoms with Gasteiger partial charge >= 0.3 is 0 Å². The van der Waals surface area contributed by atoms with E-state index in [4.69, 9.17) is 14.9 Å². The Hall–Kier alpha value is -3.23. The van der Waals surface area contributed by atoms with E-state index in [9.17, 15) is 5.11 Å². The van der Waals surface area contributed by atoms with Crippen molar-refractivity contribution >= 4 is 10.9 Å². The molecule has 0 aliphatic heterocycles. The summed E-state index contributed by atoms with van der Waals surface area (Å²) in [6, 6.07) is 11.6. The number of nitrogens with zero attached hydrogens (tertiary/aromatic N) is 5. The number of rotatable bonds is 8. The maximum atomic E-state index is 9.45. The number of aliphatic hydroxyl groups is 2. The SMILES string of the molecule is CCc1nn(Cc2cccc(OCC(O)CO)n2)c2cccc(-n3ccnc3)c12. The molecule has 0 saturated heterocycles. The van der Waals surface area contributed by atoms with E-state index in [0.717, 1.165) is 34.4 Å². The molecule has 0 radical (unpaired) electrons. The molecule has 4 aromatic rings. The minimum Gasteiger partial charge on any atom is -0.475 e. The van der Waals surface area contributed by atoms with Crippen LogP contribution in [0, 0.1) is 0 Å². The number of fused-ring (bicyclic) bond motifs is 1. The highest BCUT2D eigenvalue weighted by molar-refractivity contribution is 5.90. The van der Waals surface area contributed by atoms with E-state index in [1.54, 1.807) is 18.6 Å². The fourth-order valence-corrected chi connectivity index (χ4v) is 3.29. The Morgan fingerprint density at radius 3 is 2.79 bits per heavy atom. The average Bonchev–Trinajstić information content (AvgIpc) is 3.41. The molecule has 0 spiro atoms. The van der Waals surface area contributed by atoms with Gasteiger partial charge in [0.15, 0.2) is 0 Å². The maximum absolute atomic E-state index is 9.45. The highest BCUT2D eigenvalue weighted by Gasteiger charge is 2.15. The number of benzene rings is 1. The Morgan fingerprint density at radius 1 is 1.17 bits per heavy atom. The van der Waals surface area contributed by atoms with Crippen LogP contribution in [0.3, 0.4) is 0 Å². The smallest absolute Gasteiger partial charge is 0.213 e. The summed E-state index contributed by atoms with van der Waals surface area (Å²) in [4.78, 5) is 8.66. The normalized spacial score (nSPS) is 12.4. The van der Waals surface area contributed by atoms with E-state index in [1.807, 2.05) is 33.6 Å². The molecule has 1 aromatic carbocycles. The molecule has 2 N–H and O–H groups in total. The van der Waals surface area contributed by atoms with Gasteiger partial charge in [0.2, 0.25) is 5.88 Å². The van der Waals surface area contributed by atoms with Gasteiger partial charge in [0, 0.05) is 23.8 Å². The van der Waals surface area contributed by atoms with Gasteiger partial charge in [-0.1, -0.05) is 19.1 Å². The number of aromatic nitrogens is 5. The monoisotopic (exact) mass is 393 g/mol. The predicted molar refractivity (Wildman–Crippen MR) is 108 cm³/mol. The summed E-state index contributed by atoms with van der Waals surface area (Å²) >= 11 is 0. The molecule has 1 unspecified atom stereocenters. The zero-order valence-corrected chi connectivity index (χ0v) is 16.1. The van der Waals surface area contributed by atoms with Gasteiger partial charge in [-0.3, -0.25) is 4.68 Å². The van der Waals surface area contributed by atoms with E-state index in [1.165, 1.54) is 0 Å². The van der Waals surface area contributed by atoms with Crippen LogP contribution < -0.4 is 4.74 Å². The van der Waals surface area contributed by atoms with E-state index in [-0.39, 0.29) is 13.2 Å². The molecule has 8 nitrogen and oxygen atoms in total. The Balaban J connectivity index is 1.66. The summed E-state index contributed by atoms with van der Waals surface area (Å²) in [5.41, 5.74) is 3.88. The third-order valence-corrected chi connectivity index (χ3v) is 4.67. The Morgan fingerprint density at radius 2 is 2.03 bits per heavy atom. The second-order valence-corrected chi connectivity index (χ2v) is 6.71. The van der Waals surface area contributed by atoms with Crippen molar-refractivity contribution in [2.75, 3.05) is 13.2 Å². The molecule has 8 heteroatoms. The van der Waals surface area contributed by atoms with Gasteiger partial charge in [-0.2, -0.15) is 5.10 Å². The van der Waals surface area contributed by atoms with Crippen LogP contribution in [0.25, 0.3) is 16.6 Å². The van der Waals surface area contributed by atoms with Gasteiger partial charge in [0.05, 0.1) is 42.1 Å². The summed E-state index contributed by atoms with van der Waals surface area (Å²) in [5, 5.41) is 24.3. The fraction of sp³-hybridized carbons (Fsp3) is 0.286. The molecule has 0 fully saturated rings. The molecule has 3 heterocycles. The maximum Gasteiger partial charge on any atom is 0.213 e. The second kappa shape index (κ2) is 8.42. The predicted octanol–water partition coefficient (Wildman–Crippen LogP) is 1.96. The largest absolute Gasteiger partial charge is 0.475 e. The van der Waals surface area contributed by atoms with E-state index < -0.39 is 6.10 Å². The lowest BCUT2D eigenvalue weighted by Gasteiger charge is -2.10. The van der Waals surface area contributed by atoms with Crippen molar-refractivity contribution in [2.45, 2.75) is 26.0 Å². The Labute approximate surface area is 168 Å². The van der Waals surface area contributed by atoms with Crippen molar-refractivity contribution in [1.29, 1.82) is 0 Å². The van der Waals surface area contributed by atoms with E-state index in [0.29, 0.717) is 12.4 Å². The number of aryl methyl sites for hydroxylation is 1. The van der Waals surface area contributed by atoms with Crippen LogP contribution in [-0.4, -0.2) is 53.8 Å². The summed E-state index contributed by atoms with van der Waals surface area (Å²) in [6.07, 6.45) is 5.36. The van der Waals surface area contributed by atoms with Gasteiger partial charge in [0.1, 0.15) is 12.7 Å². The van der Waals surface area contributed by atoms with Crippen molar-refractivity contribution in [3.05, 3.63) is 66.5 Å². The Bertz CT molecular complexity index is 1090. The number of aliphatic hydroxyl groups excluding tert-OH is 2. The number of pyridine rings is 1. The number of imidazole rings is 1. The van der Waals surface area contributed by atoms with Gasteiger partial charge < -0.3 is 19.5 Å². The van der Waals surface area contributed by atoms with Crippen molar-refractivity contribution < 1.29 is 14.9 Å². The standard InChI is InChI=1S/C21H23N5O3/c1-2-17-21-18(25-10-9-22-14-25)6-4-7-19(21)26(24-17)11-15-5-3-8-20(23-15)29-13-16(28)12-27/h3-10,14,16,27-28H,2,11-13H2,1H3. The number of hydrogen-bond donors (Lipinski definition) is 2. The first-order chi connectivity index (χ1) is 14.2. The van der Waals surface area contributed by atoms with Crippen molar-refractivity contribution in [2.24, 2.45) is 0 Å². The lowest BCUT2D eigenvalue weighted by molar-refractivity contribution is 0.0520. The molecule has 150 valence electrons. The minimum atomic E-state index is -0.927. The third-order valence-electron chi connectivity index (χ3n) is 4.67. The highest BCUT2D eigenvalue weighted by atomic mass is 16.5. The molecule has 0 aliphatic rings.